The van der Waals surface area contributed by atoms with E-state index in [0.717, 1.165) is 12.1 Å². The Bertz CT molecular complexity index is 524. The first-order valence-electron chi connectivity index (χ1n) is 7.32. The second kappa shape index (κ2) is 5.04. The van der Waals surface area contributed by atoms with Gasteiger partial charge in [0.2, 0.25) is 0 Å². The molecule has 0 atom stereocenters. The molecule has 0 saturated heterocycles. The van der Waals surface area contributed by atoms with Crippen LogP contribution in [0.5, 0.6) is 0 Å². The second-order valence-corrected chi connectivity index (χ2v) is 5.90. The van der Waals surface area contributed by atoms with E-state index in [-0.39, 0.29) is 5.91 Å². The van der Waals surface area contributed by atoms with E-state index in [1.165, 1.54) is 31.7 Å². The highest BCUT2D eigenvalue weighted by molar-refractivity contribution is 5.98. The molecule has 0 spiro atoms. The summed E-state index contributed by atoms with van der Waals surface area (Å²) in [6.07, 6.45) is 6.13. The minimum absolute atomic E-state index is 0.236. The molecule has 2 saturated carbocycles. The molecule has 3 rings (SSSR count). The highest BCUT2D eigenvalue weighted by atomic mass is 19.1. The summed E-state index contributed by atoms with van der Waals surface area (Å²) in [5, 5.41) is 5.96. The van der Waals surface area contributed by atoms with Gasteiger partial charge in [-0.05, 0) is 50.0 Å². The molecule has 1 aromatic rings. The van der Waals surface area contributed by atoms with Gasteiger partial charge in [-0.2, -0.15) is 0 Å². The summed E-state index contributed by atoms with van der Waals surface area (Å²) in [7, 11) is 0. The zero-order valence-electron chi connectivity index (χ0n) is 11.7. The SMILES string of the molecule is CCNc1ncc(F)cc1C(=O)NCC1(C2CC2)CC1. The molecule has 1 amide bonds. The van der Waals surface area contributed by atoms with Crippen LogP contribution in [0.15, 0.2) is 12.3 Å². The second-order valence-electron chi connectivity index (χ2n) is 5.90. The fourth-order valence-electron chi connectivity index (χ4n) is 2.86. The highest BCUT2D eigenvalue weighted by Gasteiger charge is 2.53. The maximum Gasteiger partial charge on any atom is 0.255 e. The van der Waals surface area contributed by atoms with Crippen LogP contribution in [0.25, 0.3) is 0 Å². The summed E-state index contributed by atoms with van der Waals surface area (Å²) < 4.78 is 13.3. The zero-order chi connectivity index (χ0) is 14.2. The molecule has 0 unspecified atom stereocenters. The Kier molecular flexibility index (Phi) is 3.36. The van der Waals surface area contributed by atoms with Crippen LogP contribution in [-0.2, 0) is 0 Å². The molecule has 108 valence electrons. The molecule has 4 nitrogen and oxygen atoms in total. The quantitative estimate of drug-likeness (QED) is 0.840. The number of hydrogen-bond acceptors (Lipinski definition) is 3. The molecule has 20 heavy (non-hydrogen) atoms. The van der Waals surface area contributed by atoms with E-state index < -0.39 is 5.82 Å². The molecule has 0 aromatic carbocycles. The Morgan fingerprint density at radius 3 is 2.85 bits per heavy atom. The summed E-state index contributed by atoms with van der Waals surface area (Å²) in [5.74, 6) is 0.518. The van der Waals surface area contributed by atoms with Gasteiger partial charge in [0, 0.05) is 13.1 Å². The van der Waals surface area contributed by atoms with Crippen molar-refractivity contribution >= 4 is 11.7 Å². The van der Waals surface area contributed by atoms with E-state index in [1.807, 2.05) is 6.92 Å². The number of hydrogen-bond donors (Lipinski definition) is 2. The molecule has 0 bridgehead atoms. The Balaban J connectivity index is 1.68. The maximum atomic E-state index is 13.3. The lowest BCUT2D eigenvalue weighted by atomic mass is 10.0. The molecule has 1 heterocycles. The predicted octanol–water partition coefficient (Wildman–Crippen LogP) is 2.57. The van der Waals surface area contributed by atoms with Crippen molar-refractivity contribution in [2.24, 2.45) is 11.3 Å². The van der Waals surface area contributed by atoms with Crippen molar-refractivity contribution in [3.8, 4) is 0 Å². The van der Waals surface area contributed by atoms with Crippen molar-refractivity contribution < 1.29 is 9.18 Å². The van der Waals surface area contributed by atoms with E-state index in [1.54, 1.807) is 0 Å². The predicted molar refractivity (Wildman–Crippen MR) is 75.1 cm³/mol. The smallest absolute Gasteiger partial charge is 0.255 e. The summed E-state index contributed by atoms with van der Waals surface area (Å²) in [6.45, 7) is 3.27. The number of anilines is 1. The largest absolute Gasteiger partial charge is 0.370 e. The van der Waals surface area contributed by atoms with Crippen molar-refractivity contribution in [2.45, 2.75) is 32.6 Å². The maximum absolute atomic E-state index is 13.3. The molecule has 0 aliphatic heterocycles. The number of pyridine rings is 1. The Labute approximate surface area is 118 Å². The van der Waals surface area contributed by atoms with Gasteiger partial charge in [0.25, 0.3) is 5.91 Å². The standard InChI is InChI=1S/C15H20FN3O/c1-2-17-13-12(7-11(16)8-18-13)14(20)19-9-15(5-6-15)10-3-4-10/h7-8,10H,2-6,9H2,1H3,(H,17,18)(H,19,20). The fourth-order valence-corrected chi connectivity index (χ4v) is 2.86. The number of amides is 1. The van der Waals surface area contributed by atoms with Gasteiger partial charge in [0.05, 0.1) is 11.8 Å². The lowest BCUT2D eigenvalue weighted by Gasteiger charge is -2.16. The van der Waals surface area contributed by atoms with Gasteiger partial charge in [-0.3, -0.25) is 4.79 Å². The van der Waals surface area contributed by atoms with Crippen molar-refractivity contribution in [3.05, 3.63) is 23.6 Å². The molecular formula is C15H20FN3O. The first-order chi connectivity index (χ1) is 9.64. The molecule has 2 N–H and O–H groups in total. The van der Waals surface area contributed by atoms with E-state index in [0.29, 0.717) is 29.9 Å². The number of carbonyl (C=O) groups is 1. The van der Waals surface area contributed by atoms with Crippen LogP contribution in [-0.4, -0.2) is 24.0 Å². The Hall–Kier alpha value is -1.65. The number of nitrogens with one attached hydrogen (secondary N) is 2. The van der Waals surface area contributed by atoms with Gasteiger partial charge >= 0.3 is 0 Å². The summed E-state index contributed by atoms with van der Waals surface area (Å²) >= 11 is 0. The molecule has 2 aliphatic rings. The van der Waals surface area contributed by atoms with Crippen molar-refractivity contribution in [2.75, 3.05) is 18.4 Å². The number of nitrogens with zero attached hydrogens (tertiary/aromatic N) is 1. The van der Waals surface area contributed by atoms with Crippen LogP contribution in [0.2, 0.25) is 0 Å². The number of rotatable bonds is 6. The normalized spacial score (nSPS) is 19.5. The van der Waals surface area contributed by atoms with Crippen LogP contribution < -0.4 is 10.6 Å². The summed E-state index contributed by atoms with van der Waals surface area (Å²) in [4.78, 5) is 16.2. The first-order valence-corrected chi connectivity index (χ1v) is 7.32. The van der Waals surface area contributed by atoms with Crippen molar-refractivity contribution in [3.63, 3.8) is 0 Å². The molecule has 1 aromatic heterocycles. The first kappa shape index (κ1) is 13.3. The van der Waals surface area contributed by atoms with Gasteiger partial charge in [0.15, 0.2) is 0 Å². The third-order valence-corrected chi connectivity index (χ3v) is 4.38. The van der Waals surface area contributed by atoms with Crippen LogP contribution in [0, 0.1) is 17.2 Å². The van der Waals surface area contributed by atoms with Gasteiger partial charge in [-0.1, -0.05) is 0 Å². The van der Waals surface area contributed by atoms with Crippen molar-refractivity contribution in [1.82, 2.24) is 10.3 Å². The monoisotopic (exact) mass is 277 g/mol. The molecule has 5 heteroatoms. The van der Waals surface area contributed by atoms with Crippen LogP contribution in [0.1, 0.15) is 43.0 Å². The molecular weight excluding hydrogens is 257 g/mol. The third-order valence-electron chi connectivity index (χ3n) is 4.38. The molecule has 2 fully saturated rings. The zero-order valence-corrected chi connectivity index (χ0v) is 11.7. The third kappa shape index (κ3) is 2.62. The average Bonchev–Trinajstić information content (AvgIpc) is 3.29. The molecule has 0 radical (unpaired) electrons. The van der Waals surface area contributed by atoms with E-state index >= 15 is 0 Å². The van der Waals surface area contributed by atoms with E-state index in [2.05, 4.69) is 15.6 Å². The van der Waals surface area contributed by atoms with Crippen molar-refractivity contribution in [1.29, 1.82) is 0 Å². The van der Waals surface area contributed by atoms with Gasteiger partial charge < -0.3 is 10.6 Å². The lowest BCUT2D eigenvalue weighted by molar-refractivity contribution is 0.0942. The topological polar surface area (TPSA) is 54.0 Å². The number of carbonyl (C=O) groups excluding carboxylic acids is 1. The van der Waals surface area contributed by atoms with Gasteiger partial charge in [0.1, 0.15) is 11.6 Å². The van der Waals surface area contributed by atoms with Gasteiger partial charge in [-0.15, -0.1) is 0 Å². The van der Waals surface area contributed by atoms with Crippen LogP contribution >= 0.6 is 0 Å². The lowest BCUT2D eigenvalue weighted by Crippen LogP contribution is -2.32. The van der Waals surface area contributed by atoms with Crippen LogP contribution in [0.3, 0.4) is 0 Å². The van der Waals surface area contributed by atoms with E-state index in [9.17, 15) is 9.18 Å². The fraction of sp³-hybridized carbons (Fsp3) is 0.600. The molecule has 2 aliphatic carbocycles. The van der Waals surface area contributed by atoms with E-state index in [4.69, 9.17) is 0 Å². The number of halogens is 1. The van der Waals surface area contributed by atoms with Gasteiger partial charge in [-0.25, -0.2) is 9.37 Å². The Morgan fingerprint density at radius 1 is 1.50 bits per heavy atom. The highest BCUT2D eigenvalue weighted by Crippen LogP contribution is 2.60. The summed E-state index contributed by atoms with van der Waals surface area (Å²) in [6, 6.07) is 1.25. The van der Waals surface area contributed by atoms with Crippen LogP contribution in [0.4, 0.5) is 10.2 Å². The number of aromatic nitrogens is 1. The Morgan fingerprint density at radius 2 is 2.25 bits per heavy atom. The average molecular weight is 277 g/mol. The minimum Gasteiger partial charge on any atom is -0.370 e. The minimum atomic E-state index is -0.486. The summed E-state index contributed by atoms with van der Waals surface area (Å²) in [5.41, 5.74) is 0.632.